The van der Waals surface area contributed by atoms with Crippen molar-refractivity contribution >= 4 is 23.9 Å². The van der Waals surface area contributed by atoms with Crippen LogP contribution in [0.4, 0.5) is 4.79 Å². The van der Waals surface area contributed by atoms with Crippen LogP contribution in [0, 0.1) is 18.8 Å². The molecule has 1 aromatic heterocycles. The molecular formula is C24H28N2O6. The third kappa shape index (κ3) is 5.13. The minimum atomic E-state index is -1.11. The fourth-order valence-corrected chi connectivity index (χ4v) is 3.81. The number of nitrogens with zero attached hydrogens (tertiary/aromatic N) is 2. The van der Waals surface area contributed by atoms with Crippen LogP contribution >= 0.6 is 0 Å². The molecule has 4 atom stereocenters. The smallest absolute Gasteiger partial charge is 0.417 e. The highest BCUT2D eigenvalue weighted by molar-refractivity contribution is 6.07. The molecule has 1 aromatic carbocycles. The number of ketones is 1. The van der Waals surface area contributed by atoms with Gasteiger partial charge in [-0.2, -0.15) is 0 Å². The van der Waals surface area contributed by atoms with Gasteiger partial charge in [-0.05, 0) is 37.5 Å². The highest BCUT2D eigenvalue weighted by Gasteiger charge is 2.42. The van der Waals surface area contributed by atoms with Crippen molar-refractivity contribution in [2.24, 2.45) is 11.8 Å². The lowest BCUT2D eigenvalue weighted by Crippen LogP contribution is -2.46. The molecule has 1 saturated heterocycles. The third-order valence-electron chi connectivity index (χ3n) is 5.71. The van der Waals surface area contributed by atoms with Crippen LogP contribution in [0.3, 0.4) is 0 Å². The second-order valence-corrected chi connectivity index (χ2v) is 8.17. The van der Waals surface area contributed by atoms with E-state index in [1.165, 1.54) is 13.2 Å². The standard InChI is InChI=1S/C24H28N2O6/c1-14(10-19-12-31-17(4)25-19)21(27)15(2)22(28)16(3)23(29)26-20(13-32-24(26)30)11-18-8-6-5-7-9-18/h5-10,12,15-16,20-21,27H,11,13H2,1-4H3/b14-10+/t15-,16+,20+,21-/m0/s1. The van der Waals surface area contributed by atoms with Crippen LogP contribution in [0.2, 0.25) is 0 Å². The largest absolute Gasteiger partial charge is 0.449 e. The number of hydrogen-bond acceptors (Lipinski definition) is 7. The van der Waals surface area contributed by atoms with E-state index in [1.807, 2.05) is 30.3 Å². The molecule has 8 heteroatoms. The van der Waals surface area contributed by atoms with Crippen molar-refractivity contribution in [3.63, 3.8) is 0 Å². The number of imide groups is 1. The van der Waals surface area contributed by atoms with Gasteiger partial charge in [-0.15, -0.1) is 0 Å². The van der Waals surface area contributed by atoms with Crippen molar-refractivity contribution in [1.82, 2.24) is 9.88 Å². The average molecular weight is 440 g/mol. The predicted octanol–water partition coefficient (Wildman–Crippen LogP) is 3.18. The Labute approximate surface area is 186 Å². The summed E-state index contributed by atoms with van der Waals surface area (Å²) < 4.78 is 10.2. The lowest BCUT2D eigenvalue weighted by molar-refractivity contribution is -0.141. The van der Waals surface area contributed by atoms with Crippen molar-refractivity contribution in [3.8, 4) is 0 Å². The number of aryl methyl sites for hydroxylation is 1. The first-order valence-electron chi connectivity index (χ1n) is 10.5. The van der Waals surface area contributed by atoms with E-state index in [0.29, 0.717) is 23.6 Å². The van der Waals surface area contributed by atoms with Gasteiger partial charge in [-0.1, -0.05) is 37.3 Å². The van der Waals surface area contributed by atoms with Gasteiger partial charge in [0.2, 0.25) is 5.91 Å². The molecule has 0 radical (unpaired) electrons. The molecule has 1 aliphatic rings. The van der Waals surface area contributed by atoms with Gasteiger partial charge in [0, 0.05) is 12.8 Å². The van der Waals surface area contributed by atoms with Crippen LogP contribution in [0.5, 0.6) is 0 Å². The SMILES string of the molecule is C/C(=C\c1coc(C)n1)[C@H](O)[C@H](C)C(=O)[C@@H](C)C(=O)N1C(=O)OC[C@H]1Cc1ccccc1. The molecule has 0 spiro atoms. The molecule has 2 heterocycles. The second-order valence-electron chi connectivity index (χ2n) is 8.17. The number of benzene rings is 1. The van der Waals surface area contributed by atoms with E-state index in [-0.39, 0.29) is 6.61 Å². The minimum absolute atomic E-state index is 0.0809. The van der Waals surface area contributed by atoms with Gasteiger partial charge in [-0.25, -0.2) is 14.7 Å². The highest BCUT2D eigenvalue weighted by atomic mass is 16.6. The lowest BCUT2D eigenvalue weighted by atomic mass is 9.87. The highest BCUT2D eigenvalue weighted by Crippen LogP contribution is 2.24. The molecule has 1 aliphatic heterocycles. The number of rotatable bonds is 8. The summed E-state index contributed by atoms with van der Waals surface area (Å²) >= 11 is 0. The minimum Gasteiger partial charge on any atom is -0.449 e. The van der Waals surface area contributed by atoms with Crippen LogP contribution in [0.1, 0.15) is 37.9 Å². The molecule has 0 saturated carbocycles. The van der Waals surface area contributed by atoms with Crippen molar-refractivity contribution in [2.75, 3.05) is 6.61 Å². The van der Waals surface area contributed by atoms with Gasteiger partial charge in [0.1, 0.15) is 18.6 Å². The van der Waals surface area contributed by atoms with Gasteiger partial charge in [0.15, 0.2) is 11.7 Å². The van der Waals surface area contributed by atoms with E-state index in [1.54, 1.807) is 26.8 Å². The summed E-state index contributed by atoms with van der Waals surface area (Å²) in [5, 5.41) is 10.7. The number of hydrogen-bond donors (Lipinski definition) is 1. The molecule has 32 heavy (non-hydrogen) atoms. The Kier molecular flexibility index (Phi) is 7.25. The normalized spacial score (nSPS) is 19.4. The molecule has 2 aromatic rings. The fraction of sp³-hybridized carbons (Fsp3) is 0.417. The van der Waals surface area contributed by atoms with E-state index >= 15 is 0 Å². The predicted molar refractivity (Wildman–Crippen MR) is 116 cm³/mol. The van der Waals surface area contributed by atoms with Gasteiger partial charge in [-0.3, -0.25) is 9.59 Å². The van der Waals surface area contributed by atoms with Crippen LogP contribution in [-0.4, -0.2) is 51.5 Å². The molecule has 0 unspecified atom stereocenters. The molecule has 1 N–H and O–H groups in total. The fourth-order valence-electron chi connectivity index (χ4n) is 3.81. The molecular weight excluding hydrogens is 412 g/mol. The van der Waals surface area contributed by atoms with E-state index < -0.39 is 41.8 Å². The van der Waals surface area contributed by atoms with Crippen LogP contribution < -0.4 is 0 Å². The van der Waals surface area contributed by atoms with E-state index in [2.05, 4.69) is 4.98 Å². The van der Waals surface area contributed by atoms with Gasteiger partial charge in [0.05, 0.1) is 18.1 Å². The number of amides is 2. The molecule has 2 amide bonds. The van der Waals surface area contributed by atoms with E-state index in [0.717, 1.165) is 10.5 Å². The number of aliphatic hydroxyl groups excluding tert-OH is 1. The maximum absolute atomic E-state index is 13.1. The van der Waals surface area contributed by atoms with E-state index in [9.17, 15) is 19.5 Å². The number of ether oxygens (including phenoxy) is 1. The van der Waals surface area contributed by atoms with E-state index in [4.69, 9.17) is 9.15 Å². The van der Waals surface area contributed by atoms with Crippen molar-refractivity contribution in [3.05, 3.63) is 59.3 Å². The number of carbonyl (C=O) groups excluding carboxylic acids is 3. The summed E-state index contributed by atoms with van der Waals surface area (Å²) in [5.74, 6) is -2.55. The number of aliphatic hydroxyl groups is 1. The number of oxazole rings is 1. The number of cyclic esters (lactones) is 1. The van der Waals surface area contributed by atoms with Crippen molar-refractivity contribution in [1.29, 1.82) is 0 Å². The molecule has 0 bridgehead atoms. The van der Waals surface area contributed by atoms with Crippen molar-refractivity contribution in [2.45, 2.75) is 46.3 Å². The summed E-state index contributed by atoms with van der Waals surface area (Å²) in [6, 6.07) is 8.98. The first-order chi connectivity index (χ1) is 15.2. The zero-order valence-corrected chi connectivity index (χ0v) is 18.6. The van der Waals surface area contributed by atoms with Gasteiger partial charge < -0.3 is 14.3 Å². The maximum Gasteiger partial charge on any atom is 0.417 e. The van der Waals surface area contributed by atoms with Crippen LogP contribution in [0.15, 0.2) is 46.6 Å². The summed E-state index contributed by atoms with van der Waals surface area (Å²) in [5.41, 5.74) is 2.01. The Morgan fingerprint density at radius 3 is 2.59 bits per heavy atom. The Morgan fingerprint density at radius 1 is 1.28 bits per heavy atom. The topological polar surface area (TPSA) is 110 Å². The molecule has 1 fully saturated rings. The van der Waals surface area contributed by atoms with Gasteiger partial charge in [0.25, 0.3) is 0 Å². The third-order valence-corrected chi connectivity index (χ3v) is 5.71. The number of carbonyl (C=O) groups is 3. The second kappa shape index (κ2) is 9.91. The summed E-state index contributed by atoms with van der Waals surface area (Å²) in [6.45, 7) is 6.48. The first kappa shape index (κ1) is 23.4. The lowest BCUT2D eigenvalue weighted by Gasteiger charge is -2.25. The first-order valence-corrected chi connectivity index (χ1v) is 10.5. The molecule has 170 valence electrons. The molecule has 3 rings (SSSR count). The number of Topliss-reactive ketones (excluding diaryl/α,β-unsaturated/α-hetero) is 1. The van der Waals surface area contributed by atoms with Crippen LogP contribution in [-0.2, 0) is 20.7 Å². The van der Waals surface area contributed by atoms with Gasteiger partial charge >= 0.3 is 6.09 Å². The average Bonchev–Trinajstić information content (AvgIpc) is 3.36. The zero-order valence-electron chi connectivity index (χ0n) is 18.6. The Bertz CT molecular complexity index is 1010. The van der Waals surface area contributed by atoms with Crippen LogP contribution in [0.25, 0.3) is 6.08 Å². The molecule has 0 aliphatic carbocycles. The summed E-state index contributed by atoms with van der Waals surface area (Å²) in [7, 11) is 0. The Morgan fingerprint density at radius 2 is 1.97 bits per heavy atom. The van der Waals surface area contributed by atoms with Crippen molar-refractivity contribution < 1.29 is 28.6 Å². The summed E-state index contributed by atoms with van der Waals surface area (Å²) in [6.07, 6.45) is 1.67. The Hall–Kier alpha value is -3.26. The quantitative estimate of drug-likeness (QED) is 0.628. The maximum atomic E-state index is 13.1. The monoisotopic (exact) mass is 440 g/mol. The number of aromatic nitrogens is 1. The Balaban J connectivity index is 1.69. The summed E-state index contributed by atoms with van der Waals surface area (Å²) in [4.78, 5) is 43.5. The zero-order chi connectivity index (χ0) is 23.4. The molecule has 8 nitrogen and oxygen atoms in total.